The van der Waals surface area contributed by atoms with E-state index >= 15 is 0 Å². The molecule has 168 valence electrons. The molecular formula is C25H15ClN2O6. The molecule has 1 heterocycles. The number of carbonyl (C=O) groups excluding carboxylic acids is 2. The van der Waals surface area contributed by atoms with Crippen LogP contribution in [0.15, 0.2) is 66.7 Å². The SMILES string of the molecule is O=C(O)c1cc(N2C(=O)C3C4c5ccccc5C([N+](=O)[O-])(c5ccccc54)C3C2=O)ccc1Cl. The highest BCUT2D eigenvalue weighted by Crippen LogP contribution is 2.64. The maximum atomic E-state index is 13.9. The number of carbonyl (C=O) groups is 3. The van der Waals surface area contributed by atoms with Crippen LogP contribution in [0.25, 0.3) is 0 Å². The number of amides is 2. The Bertz CT molecular complexity index is 1420. The minimum absolute atomic E-state index is 0.0252. The molecule has 2 bridgehead atoms. The summed E-state index contributed by atoms with van der Waals surface area (Å²) in [5.41, 5.74) is -0.0409. The third kappa shape index (κ3) is 2.25. The molecule has 4 aliphatic rings. The number of hydrogen-bond acceptors (Lipinski definition) is 5. The first-order valence-electron chi connectivity index (χ1n) is 10.5. The Kier molecular flexibility index (Phi) is 4.08. The van der Waals surface area contributed by atoms with E-state index in [1.54, 1.807) is 48.5 Å². The van der Waals surface area contributed by atoms with Crippen molar-refractivity contribution < 1.29 is 24.4 Å². The zero-order chi connectivity index (χ0) is 23.9. The van der Waals surface area contributed by atoms with Crippen LogP contribution >= 0.6 is 11.6 Å². The van der Waals surface area contributed by atoms with Crippen LogP contribution in [0.1, 0.15) is 38.5 Å². The van der Waals surface area contributed by atoms with E-state index in [0.717, 1.165) is 11.0 Å². The Hall–Kier alpha value is -4.04. The molecule has 1 saturated heterocycles. The van der Waals surface area contributed by atoms with Crippen LogP contribution in [-0.2, 0) is 15.1 Å². The molecular weight excluding hydrogens is 460 g/mol. The van der Waals surface area contributed by atoms with Gasteiger partial charge in [0.1, 0.15) is 5.92 Å². The van der Waals surface area contributed by atoms with E-state index in [1.807, 2.05) is 0 Å². The van der Waals surface area contributed by atoms with E-state index < -0.39 is 46.0 Å². The minimum atomic E-state index is -1.93. The highest BCUT2D eigenvalue weighted by molar-refractivity contribution is 6.34. The predicted octanol–water partition coefficient (Wildman–Crippen LogP) is 3.82. The van der Waals surface area contributed by atoms with Gasteiger partial charge < -0.3 is 5.11 Å². The number of aromatic carboxylic acids is 1. The number of halogens is 1. The lowest BCUT2D eigenvalue weighted by Crippen LogP contribution is -2.57. The first-order chi connectivity index (χ1) is 16.3. The highest BCUT2D eigenvalue weighted by Gasteiger charge is 2.74. The van der Waals surface area contributed by atoms with Gasteiger partial charge in [0.05, 0.1) is 22.2 Å². The Morgan fingerprint density at radius 1 is 0.971 bits per heavy atom. The molecule has 3 aromatic carbocycles. The van der Waals surface area contributed by atoms with E-state index in [9.17, 15) is 29.6 Å². The third-order valence-corrected chi connectivity index (χ3v) is 7.63. The number of hydrogen-bond donors (Lipinski definition) is 1. The minimum Gasteiger partial charge on any atom is -0.478 e. The standard InChI is InChI=1S/C25H15ClN2O6/c26-18-10-9-12(11-15(18)24(31)32)27-22(29)20-19-13-5-1-3-7-16(13)25(28(33)34,21(20)23(27)30)17-8-4-2-6-14(17)19/h1-11,19-21H,(H,31,32). The molecule has 8 nitrogen and oxygen atoms in total. The smallest absolute Gasteiger partial charge is 0.337 e. The summed E-state index contributed by atoms with van der Waals surface area (Å²) in [6, 6.07) is 17.6. The van der Waals surface area contributed by atoms with Gasteiger partial charge in [-0.15, -0.1) is 0 Å². The fourth-order valence-corrected chi connectivity index (χ4v) is 6.31. The van der Waals surface area contributed by atoms with Crippen LogP contribution in [-0.4, -0.2) is 27.8 Å². The molecule has 0 aromatic heterocycles. The van der Waals surface area contributed by atoms with Crippen LogP contribution in [0.3, 0.4) is 0 Å². The van der Waals surface area contributed by atoms with E-state index in [1.165, 1.54) is 12.1 Å². The second-order valence-corrected chi connectivity index (χ2v) is 9.07. The van der Waals surface area contributed by atoms with Crippen LogP contribution in [0.4, 0.5) is 5.69 Å². The second-order valence-electron chi connectivity index (χ2n) is 8.66. The van der Waals surface area contributed by atoms with Gasteiger partial charge in [-0.1, -0.05) is 60.1 Å². The summed E-state index contributed by atoms with van der Waals surface area (Å²) in [6.07, 6.45) is 0. The lowest BCUT2D eigenvalue weighted by Gasteiger charge is -2.48. The molecule has 7 rings (SSSR count). The number of benzene rings is 3. The molecule has 2 amide bonds. The quantitative estimate of drug-likeness (QED) is 0.350. The number of anilines is 1. The normalized spacial score (nSPS) is 26.1. The van der Waals surface area contributed by atoms with E-state index in [0.29, 0.717) is 22.3 Å². The van der Waals surface area contributed by atoms with Gasteiger partial charge in [-0.05, 0) is 29.3 Å². The van der Waals surface area contributed by atoms with E-state index in [-0.39, 0.29) is 16.3 Å². The van der Waals surface area contributed by atoms with Crippen molar-refractivity contribution in [2.24, 2.45) is 11.8 Å². The molecule has 0 radical (unpaired) electrons. The Labute approximate surface area is 197 Å². The number of carboxylic acid groups (broad SMARTS) is 1. The Morgan fingerprint density at radius 3 is 2.12 bits per heavy atom. The molecule has 3 aliphatic carbocycles. The summed E-state index contributed by atoms with van der Waals surface area (Å²) in [5.74, 6) is -5.43. The summed E-state index contributed by atoms with van der Waals surface area (Å²) in [7, 11) is 0. The van der Waals surface area contributed by atoms with E-state index in [2.05, 4.69) is 0 Å². The highest BCUT2D eigenvalue weighted by atomic mass is 35.5. The maximum absolute atomic E-state index is 13.9. The van der Waals surface area contributed by atoms with Crippen LogP contribution in [0.2, 0.25) is 5.02 Å². The average molecular weight is 475 g/mol. The first kappa shape index (κ1) is 20.6. The summed E-state index contributed by atoms with van der Waals surface area (Å²) >= 11 is 5.98. The van der Waals surface area contributed by atoms with Crippen molar-refractivity contribution in [3.8, 4) is 0 Å². The topological polar surface area (TPSA) is 118 Å². The van der Waals surface area contributed by atoms with Crippen molar-refractivity contribution in [3.05, 3.63) is 110 Å². The lowest BCUT2D eigenvalue weighted by molar-refractivity contribution is -0.578. The summed E-state index contributed by atoms with van der Waals surface area (Å²) < 4.78 is 0. The summed E-state index contributed by atoms with van der Waals surface area (Å²) in [4.78, 5) is 52.6. The first-order valence-corrected chi connectivity index (χ1v) is 10.9. The number of nitro groups is 1. The van der Waals surface area contributed by atoms with Crippen molar-refractivity contribution in [2.45, 2.75) is 11.5 Å². The molecule has 9 heteroatoms. The fraction of sp³-hybridized carbons (Fsp3) is 0.160. The van der Waals surface area contributed by atoms with Crippen molar-refractivity contribution in [2.75, 3.05) is 4.90 Å². The molecule has 2 unspecified atom stereocenters. The van der Waals surface area contributed by atoms with Crippen LogP contribution in [0, 0.1) is 22.0 Å². The summed E-state index contributed by atoms with van der Waals surface area (Å²) in [5, 5.41) is 22.3. The van der Waals surface area contributed by atoms with Crippen LogP contribution < -0.4 is 4.90 Å². The molecule has 0 saturated carbocycles. The second kappa shape index (κ2) is 6.74. The third-order valence-electron chi connectivity index (χ3n) is 7.30. The largest absolute Gasteiger partial charge is 0.478 e. The molecule has 2 atom stereocenters. The Balaban J connectivity index is 1.63. The van der Waals surface area contributed by atoms with Crippen molar-refractivity contribution >= 4 is 35.1 Å². The van der Waals surface area contributed by atoms with Gasteiger partial charge in [0.2, 0.25) is 11.8 Å². The number of carboxylic acids is 1. The van der Waals surface area contributed by atoms with Gasteiger partial charge in [-0.3, -0.25) is 19.7 Å². The van der Waals surface area contributed by atoms with Gasteiger partial charge in [0.15, 0.2) is 0 Å². The molecule has 1 fully saturated rings. The van der Waals surface area contributed by atoms with E-state index in [4.69, 9.17) is 11.6 Å². The number of imide groups is 1. The lowest BCUT2D eigenvalue weighted by atomic mass is 9.51. The van der Waals surface area contributed by atoms with Gasteiger partial charge in [-0.2, -0.15) is 0 Å². The van der Waals surface area contributed by atoms with Crippen molar-refractivity contribution in [3.63, 3.8) is 0 Å². The predicted molar refractivity (Wildman–Crippen MR) is 120 cm³/mol. The van der Waals surface area contributed by atoms with Crippen LogP contribution in [0.5, 0.6) is 0 Å². The van der Waals surface area contributed by atoms with Crippen molar-refractivity contribution in [1.29, 1.82) is 0 Å². The van der Waals surface area contributed by atoms with Gasteiger partial charge in [0, 0.05) is 22.0 Å². The van der Waals surface area contributed by atoms with Gasteiger partial charge >= 0.3 is 5.97 Å². The van der Waals surface area contributed by atoms with Gasteiger partial charge in [0.25, 0.3) is 5.54 Å². The molecule has 0 spiro atoms. The zero-order valence-electron chi connectivity index (χ0n) is 17.3. The zero-order valence-corrected chi connectivity index (χ0v) is 18.1. The van der Waals surface area contributed by atoms with Gasteiger partial charge in [-0.25, -0.2) is 9.69 Å². The summed E-state index contributed by atoms with van der Waals surface area (Å²) in [6.45, 7) is 0. The molecule has 34 heavy (non-hydrogen) atoms. The maximum Gasteiger partial charge on any atom is 0.337 e. The number of nitrogens with zero attached hydrogens (tertiary/aromatic N) is 2. The fourth-order valence-electron chi connectivity index (χ4n) is 6.11. The Morgan fingerprint density at radius 2 is 1.56 bits per heavy atom. The average Bonchev–Trinajstić information content (AvgIpc) is 3.10. The molecule has 3 aromatic rings. The van der Waals surface area contributed by atoms with Crippen molar-refractivity contribution in [1.82, 2.24) is 0 Å². The molecule has 1 aliphatic heterocycles. The molecule has 1 N–H and O–H groups in total. The number of rotatable bonds is 3. The monoisotopic (exact) mass is 474 g/mol.